The number of amides is 3. The van der Waals surface area contributed by atoms with E-state index in [1.165, 1.54) is 18.2 Å². The Kier molecular flexibility index (Phi) is 4.39. The molecule has 0 aliphatic carbocycles. The second-order valence-electron chi connectivity index (χ2n) is 4.12. The maximum atomic E-state index is 13.6. The Bertz CT molecular complexity index is 686. The third kappa shape index (κ3) is 3.70. The average molecular weight is 308 g/mol. The third-order valence-corrected chi connectivity index (χ3v) is 2.89. The van der Waals surface area contributed by atoms with Gasteiger partial charge in [0.1, 0.15) is 5.82 Å². The fourth-order valence-electron chi connectivity index (χ4n) is 1.73. The third-order valence-electron chi connectivity index (χ3n) is 2.58. The Hall–Kier alpha value is -2.60. The number of urea groups is 1. The topological polar surface area (TPSA) is 84.2 Å². The molecule has 5 nitrogen and oxygen atoms in total. The first-order chi connectivity index (χ1) is 9.97. The molecule has 0 spiro atoms. The fourth-order valence-corrected chi connectivity index (χ4v) is 1.97. The number of carbonyl (C=O) groups excluding carboxylic acids is 2. The lowest BCUT2D eigenvalue weighted by Crippen LogP contribution is -2.19. The van der Waals surface area contributed by atoms with Crippen LogP contribution in [0.1, 0.15) is 10.4 Å². The number of hydrogen-bond acceptors (Lipinski definition) is 2. The van der Waals surface area contributed by atoms with Crippen LogP contribution in [0.2, 0.25) is 5.02 Å². The minimum atomic E-state index is -0.726. The molecule has 0 aromatic heterocycles. The first-order valence-electron chi connectivity index (χ1n) is 5.89. The maximum Gasteiger partial charge on any atom is 0.316 e. The summed E-state index contributed by atoms with van der Waals surface area (Å²) in [5, 5.41) is 4.88. The molecule has 2 aromatic carbocycles. The number of halogens is 2. The highest BCUT2D eigenvalue weighted by atomic mass is 35.5. The van der Waals surface area contributed by atoms with Gasteiger partial charge >= 0.3 is 6.03 Å². The van der Waals surface area contributed by atoms with Crippen LogP contribution >= 0.6 is 11.6 Å². The highest BCUT2D eigenvalue weighted by Crippen LogP contribution is 2.21. The average Bonchev–Trinajstić information content (AvgIpc) is 2.37. The summed E-state index contributed by atoms with van der Waals surface area (Å²) in [6.45, 7) is 0. The van der Waals surface area contributed by atoms with Gasteiger partial charge in [-0.1, -0.05) is 23.7 Å². The summed E-state index contributed by atoms with van der Waals surface area (Å²) in [4.78, 5) is 22.8. The molecule has 21 heavy (non-hydrogen) atoms. The van der Waals surface area contributed by atoms with E-state index in [9.17, 15) is 14.0 Å². The van der Waals surface area contributed by atoms with Crippen LogP contribution in [0.4, 0.5) is 20.6 Å². The summed E-state index contributed by atoms with van der Waals surface area (Å²) in [7, 11) is 0. The van der Waals surface area contributed by atoms with E-state index < -0.39 is 17.8 Å². The van der Waals surface area contributed by atoms with Gasteiger partial charge in [0, 0.05) is 11.4 Å². The van der Waals surface area contributed by atoms with Crippen LogP contribution in [-0.4, -0.2) is 11.9 Å². The smallest absolute Gasteiger partial charge is 0.316 e. The summed E-state index contributed by atoms with van der Waals surface area (Å²) < 4.78 is 13.6. The van der Waals surface area contributed by atoms with E-state index in [4.69, 9.17) is 17.3 Å². The van der Waals surface area contributed by atoms with Gasteiger partial charge in [-0.15, -0.1) is 0 Å². The minimum absolute atomic E-state index is 0.0129. The number of rotatable bonds is 3. The van der Waals surface area contributed by atoms with Crippen molar-refractivity contribution >= 4 is 34.9 Å². The molecule has 0 aliphatic rings. The lowest BCUT2D eigenvalue weighted by Gasteiger charge is -2.09. The molecule has 0 atom stereocenters. The van der Waals surface area contributed by atoms with Gasteiger partial charge < -0.3 is 16.4 Å². The fraction of sp³-hybridized carbons (Fsp3) is 0. The minimum Gasteiger partial charge on any atom is -0.351 e. The Morgan fingerprint density at radius 2 is 1.67 bits per heavy atom. The van der Waals surface area contributed by atoms with Gasteiger partial charge in [0.15, 0.2) is 0 Å². The van der Waals surface area contributed by atoms with Crippen molar-refractivity contribution in [2.75, 3.05) is 10.6 Å². The van der Waals surface area contributed by atoms with Crippen LogP contribution in [0, 0.1) is 5.82 Å². The molecular weight excluding hydrogens is 297 g/mol. The van der Waals surface area contributed by atoms with Gasteiger partial charge in [0.25, 0.3) is 5.91 Å². The predicted molar refractivity (Wildman–Crippen MR) is 79.0 cm³/mol. The Morgan fingerprint density at radius 1 is 1.05 bits per heavy atom. The van der Waals surface area contributed by atoms with Crippen molar-refractivity contribution in [3.05, 3.63) is 58.9 Å². The number of benzene rings is 2. The lowest BCUT2D eigenvalue weighted by atomic mass is 10.2. The number of nitrogens with two attached hydrogens (primary N) is 1. The van der Waals surface area contributed by atoms with Gasteiger partial charge in [-0.3, -0.25) is 4.79 Å². The predicted octanol–water partition coefficient (Wildman–Crippen LogP) is 3.22. The molecule has 3 amide bonds. The highest BCUT2D eigenvalue weighted by Gasteiger charge is 2.15. The highest BCUT2D eigenvalue weighted by molar-refractivity contribution is 6.34. The summed E-state index contributed by atoms with van der Waals surface area (Å²) in [6.07, 6.45) is 0. The second kappa shape index (κ2) is 6.23. The van der Waals surface area contributed by atoms with E-state index in [1.807, 2.05) is 0 Å². The van der Waals surface area contributed by atoms with E-state index in [-0.39, 0.29) is 10.6 Å². The molecule has 7 heteroatoms. The number of nitrogens with one attached hydrogen (secondary N) is 2. The largest absolute Gasteiger partial charge is 0.351 e. The molecule has 108 valence electrons. The van der Waals surface area contributed by atoms with E-state index in [2.05, 4.69) is 10.6 Å². The van der Waals surface area contributed by atoms with Gasteiger partial charge in [0.2, 0.25) is 0 Å². The van der Waals surface area contributed by atoms with E-state index >= 15 is 0 Å². The van der Waals surface area contributed by atoms with Gasteiger partial charge in [0.05, 0.1) is 10.6 Å². The molecule has 0 bridgehead atoms. The zero-order valence-corrected chi connectivity index (χ0v) is 11.4. The summed E-state index contributed by atoms with van der Waals surface area (Å²) >= 11 is 5.82. The standard InChI is InChI=1S/C14H11ClFN3O2/c15-10-5-2-6-11(16)12(10)13(20)18-8-3-1-4-9(7-8)19-14(17)21/h1-7H,(H,18,20)(H3,17,19,21). The molecule has 0 heterocycles. The van der Waals surface area contributed by atoms with E-state index in [0.717, 1.165) is 6.07 Å². The Balaban J connectivity index is 2.22. The zero-order chi connectivity index (χ0) is 15.4. The van der Waals surface area contributed by atoms with Crippen LogP contribution in [0.25, 0.3) is 0 Å². The molecule has 2 aromatic rings. The van der Waals surface area contributed by atoms with Crippen LogP contribution in [-0.2, 0) is 0 Å². The first kappa shape index (κ1) is 14.8. The van der Waals surface area contributed by atoms with E-state index in [1.54, 1.807) is 18.2 Å². The monoisotopic (exact) mass is 307 g/mol. The van der Waals surface area contributed by atoms with Crippen LogP contribution < -0.4 is 16.4 Å². The molecule has 0 saturated heterocycles. The van der Waals surface area contributed by atoms with Crippen molar-refractivity contribution in [3.63, 3.8) is 0 Å². The van der Waals surface area contributed by atoms with Gasteiger partial charge in [-0.25, -0.2) is 9.18 Å². The van der Waals surface area contributed by atoms with Gasteiger partial charge in [-0.05, 0) is 30.3 Å². The molecule has 0 aliphatic heterocycles. The number of anilines is 2. The van der Waals surface area contributed by atoms with Crippen LogP contribution in [0.15, 0.2) is 42.5 Å². The summed E-state index contributed by atoms with van der Waals surface area (Å²) in [5.74, 6) is -1.40. The van der Waals surface area contributed by atoms with Crippen LogP contribution in [0.5, 0.6) is 0 Å². The molecule has 2 rings (SSSR count). The number of hydrogen-bond donors (Lipinski definition) is 3. The normalized spacial score (nSPS) is 10.0. The van der Waals surface area contributed by atoms with Gasteiger partial charge in [-0.2, -0.15) is 0 Å². The first-order valence-corrected chi connectivity index (χ1v) is 6.27. The van der Waals surface area contributed by atoms with E-state index in [0.29, 0.717) is 11.4 Å². The second-order valence-corrected chi connectivity index (χ2v) is 4.53. The molecule has 4 N–H and O–H groups in total. The molecule has 0 radical (unpaired) electrons. The van der Waals surface area contributed by atoms with Crippen molar-refractivity contribution in [1.82, 2.24) is 0 Å². The maximum absolute atomic E-state index is 13.6. The van der Waals surface area contributed by atoms with Crippen molar-refractivity contribution < 1.29 is 14.0 Å². The number of primary amides is 1. The van der Waals surface area contributed by atoms with Crippen molar-refractivity contribution in [2.24, 2.45) is 5.73 Å². The quantitative estimate of drug-likeness (QED) is 0.813. The number of carbonyl (C=O) groups is 2. The summed E-state index contributed by atoms with van der Waals surface area (Å²) in [5.41, 5.74) is 5.53. The lowest BCUT2D eigenvalue weighted by molar-refractivity contribution is 0.102. The molecule has 0 unspecified atom stereocenters. The summed E-state index contributed by atoms with van der Waals surface area (Å²) in [6, 6.07) is 9.51. The Labute approximate surface area is 124 Å². The Morgan fingerprint density at radius 3 is 2.29 bits per heavy atom. The molecular formula is C14H11ClFN3O2. The molecule has 0 fully saturated rings. The van der Waals surface area contributed by atoms with Crippen molar-refractivity contribution in [1.29, 1.82) is 0 Å². The molecule has 0 saturated carbocycles. The SMILES string of the molecule is NC(=O)Nc1cccc(NC(=O)c2c(F)cccc2Cl)c1. The van der Waals surface area contributed by atoms with Crippen molar-refractivity contribution in [3.8, 4) is 0 Å². The van der Waals surface area contributed by atoms with Crippen molar-refractivity contribution in [2.45, 2.75) is 0 Å². The van der Waals surface area contributed by atoms with Crippen LogP contribution in [0.3, 0.4) is 0 Å². The zero-order valence-electron chi connectivity index (χ0n) is 10.7.